The van der Waals surface area contributed by atoms with Gasteiger partial charge < -0.3 is 4.90 Å². The van der Waals surface area contributed by atoms with Crippen LogP contribution in [0.25, 0.3) is 0 Å². The first-order valence-electron chi connectivity index (χ1n) is 5.77. The first-order valence-corrected chi connectivity index (χ1v) is 7.07. The fourth-order valence-electron chi connectivity index (χ4n) is 2.56. The van der Waals surface area contributed by atoms with Gasteiger partial charge in [-0.05, 0) is 57.5 Å². The lowest BCUT2D eigenvalue weighted by Gasteiger charge is -2.45. The fraction of sp³-hybridized carbons (Fsp3) is 1.00. The molecule has 1 spiro atoms. The maximum absolute atomic E-state index is 4.40. The number of piperidine rings is 2. The Hall–Kier alpha value is 0.620. The van der Waals surface area contributed by atoms with Gasteiger partial charge >= 0.3 is 0 Å². The van der Waals surface area contributed by atoms with E-state index in [1.165, 1.54) is 51.9 Å². The van der Waals surface area contributed by atoms with Crippen molar-refractivity contribution in [1.29, 1.82) is 0 Å². The zero-order valence-corrected chi connectivity index (χ0v) is 11.7. The number of rotatable bonds is 0. The van der Waals surface area contributed by atoms with E-state index in [0.717, 1.165) is 0 Å². The van der Waals surface area contributed by atoms with E-state index in [4.69, 9.17) is 0 Å². The highest BCUT2D eigenvalue weighted by Gasteiger charge is 2.35. The van der Waals surface area contributed by atoms with E-state index in [9.17, 15) is 0 Å². The molecule has 2 aliphatic heterocycles. The quantitative estimate of drug-likeness (QED) is 0.635. The molecule has 0 aromatic rings. The monoisotopic (exact) mass is 248 g/mol. The summed E-state index contributed by atoms with van der Waals surface area (Å²) in [6.45, 7) is 4.97. The Labute approximate surface area is 105 Å². The first-order chi connectivity index (χ1) is 7.20. The molecule has 2 saturated heterocycles. The molecule has 2 rings (SSSR count). The van der Waals surface area contributed by atoms with Crippen LogP contribution in [0.1, 0.15) is 25.7 Å². The van der Waals surface area contributed by atoms with E-state index in [0.29, 0.717) is 5.41 Å². The Kier molecular flexibility index (Phi) is 5.82. The lowest BCUT2D eigenvalue weighted by Crippen LogP contribution is -2.43. The highest BCUT2D eigenvalue weighted by Crippen LogP contribution is 2.41. The predicted molar refractivity (Wildman–Crippen MR) is 73.9 cm³/mol. The molecule has 0 radical (unpaired) electrons. The van der Waals surface area contributed by atoms with E-state index >= 15 is 0 Å². The standard InChI is InChI=1S/C10H20N2S.CH4S/c1-11-6-2-10(3-7-11)4-8-12(13)9-5-10;1-2/h13H,2-9H2,1H3;2H,1H3. The van der Waals surface area contributed by atoms with Gasteiger partial charge in [0.15, 0.2) is 0 Å². The van der Waals surface area contributed by atoms with Gasteiger partial charge in [-0.1, -0.05) is 12.8 Å². The third kappa shape index (κ3) is 3.84. The molecule has 4 heteroatoms. The van der Waals surface area contributed by atoms with Crippen LogP contribution >= 0.6 is 25.4 Å². The van der Waals surface area contributed by atoms with E-state index in [-0.39, 0.29) is 0 Å². The van der Waals surface area contributed by atoms with Crippen molar-refractivity contribution < 1.29 is 0 Å². The van der Waals surface area contributed by atoms with Crippen LogP contribution in [0.15, 0.2) is 0 Å². The molecule has 0 bridgehead atoms. The lowest BCUT2D eigenvalue weighted by atomic mass is 9.72. The van der Waals surface area contributed by atoms with Crippen LogP contribution in [0.2, 0.25) is 0 Å². The summed E-state index contributed by atoms with van der Waals surface area (Å²) in [4.78, 5) is 2.46. The van der Waals surface area contributed by atoms with Gasteiger partial charge in [0.1, 0.15) is 0 Å². The maximum atomic E-state index is 4.40. The fourth-order valence-corrected chi connectivity index (χ4v) is 2.76. The van der Waals surface area contributed by atoms with Gasteiger partial charge in [0, 0.05) is 13.1 Å². The number of thiol groups is 2. The summed E-state index contributed by atoms with van der Waals surface area (Å²) in [5.41, 5.74) is 0.686. The second-order valence-corrected chi connectivity index (χ2v) is 5.32. The molecule has 0 saturated carbocycles. The molecule has 2 fully saturated rings. The van der Waals surface area contributed by atoms with E-state index in [1.807, 2.05) is 0 Å². The number of hydrogen-bond donors (Lipinski definition) is 2. The number of nitrogens with zero attached hydrogens (tertiary/aromatic N) is 2. The van der Waals surface area contributed by atoms with Crippen LogP contribution in [-0.4, -0.2) is 48.7 Å². The molecule has 15 heavy (non-hydrogen) atoms. The molecule has 0 amide bonds. The predicted octanol–water partition coefficient (Wildman–Crippen LogP) is 2.19. The van der Waals surface area contributed by atoms with Crippen molar-refractivity contribution in [2.75, 3.05) is 39.5 Å². The molecule has 0 aromatic carbocycles. The van der Waals surface area contributed by atoms with Crippen molar-refractivity contribution in [3.8, 4) is 0 Å². The van der Waals surface area contributed by atoms with Crippen LogP contribution in [0.4, 0.5) is 0 Å². The normalized spacial score (nSPS) is 27.2. The molecule has 0 aromatic heterocycles. The van der Waals surface area contributed by atoms with Crippen molar-refractivity contribution >= 4 is 25.4 Å². The van der Waals surface area contributed by atoms with Gasteiger partial charge in [-0.25, -0.2) is 0 Å². The molecule has 0 aliphatic carbocycles. The number of likely N-dealkylation sites (tertiary alicyclic amines) is 1. The van der Waals surface area contributed by atoms with Gasteiger partial charge in [0.25, 0.3) is 0 Å². The van der Waals surface area contributed by atoms with Gasteiger partial charge in [-0.2, -0.15) is 12.6 Å². The molecule has 0 unspecified atom stereocenters. The van der Waals surface area contributed by atoms with Gasteiger partial charge in [0.05, 0.1) is 0 Å². The summed E-state index contributed by atoms with van der Waals surface area (Å²) in [6.07, 6.45) is 7.24. The molecular weight excluding hydrogens is 224 g/mol. The Balaban J connectivity index is 0.000000531. The minimum atomic E-state index is 0.686. The zero-order valence-electron chi connectivity index (χ0n) is 9.95. The third-order valence-electron chi connectivity index (χ3n) is 3.85. The van der Waals surface area contributed by atoms with Crippen LogP contribution in [0, 0.1) is 5.41 Å². The second kappa shape index (κ2) is 6.38. The summed E-state index contributed by atoms with van der Waals surface area (Å²) < 4.78 is 2.17. The molecular formula is C11H24N2S2. The van der Waals surface area contributed by atoms with Crippen LogP contribution in [0.5, 0.6) is 0 Å². The minimum absolute atomic E-state index is 0.686. The molecule has 0 N–H and O–H groups in total. The summed E-state index contributed by atoms with van der Waals surface area (Å²) in [6, 6.07) is 0. The topological polar surface area (TPSA) is 6.48 Å². The molecule has 0 atom stereocenters. The maximum Gasteiger partial charge on any atom is 0.00923 e. The Morgan fingerprint density at radius 3 is 1.73 bits per heavy atom. The zero-order chi connectivity index (χ0) is 11.3. The molecule has 90 valence electrons. The van der Waals surface area contributed by atoms with E-state index in [1.54, 1.807) is 6.26 Å². The third-order valence-corrected chi connectivity index (χ3v) is 4.25. The van der Waals surface area contributed by atoms with Crippen molar-refractivity contribution in [3.63, 3.8) is 0 Å². The van der Waals surface area contributed by atoms with Gasteiger partial charge in [0.2, 0.25) is 0 Å². The van der Waals surface area contributed by atoms with Gasteiger partial charge in [-0.15, -0.1) is 0 Å². The van der Waals surface area contributed by atoms with Crippen molar-refractivity contribution in [3.05, 3.63) is 0 Å². The van der Waals surface area contributed by atoms with E-state index in [2.05, 4.69) is 41.7 Å². The Bertz CT molecular complexity index is 148. The Morgan fingerprint density at radius 2 is 1.27 bits per heavy atom. The van der Waals surface area contributed by atoms with Crippen LogP contribution in [-0.2, 0) is 0 Å². The average molecular weight is 248 g/mol. The summed E-state index contributed by atoms with van der Waals surface area (Å²) in [7, 11) is 2.24. The second-order valence-electron chi connectivity index (χ2n) is 4.76. The average Bonchev–Trinajstić information content (AvgIpc) is 2.30. The largest absolute Gasteiger partial charge is 0.306 e. The van der Waals surface area contributed by atoms with E-state index < -0.39 is 0 Å². The lowest BCUT2D eigenvalue weighted by molar-refractivity contribution is 0.0701. The van der Waals surface area contributed by atoms with Crippen LogP contribution < -0.4 is 0 Å². The van der Waals surface area contributed by atoms with Crippen molar-refractivity contribution in [1.82, 2.24) is 9.21 Å². The highest BCUT2D eigenvalue weighted by atomic mass is 32.1. The van der Waals surface area contributed by atoms with Gasteiger partial charge in [-0.3, -0.25) is 4.31 Å². The SMILES string of the molecule is CN1CCC2(CC1)CCN(S)CC2.CS. The van der Waals surface area contributed by atoms with Crippen molar-refractivity contribution in [2.24, 2.45) is 5.41 Å². The van der Waals surface area contributed by atoms with Crippen molar-refractivity contribution in [2.45, 2.75) is 25.7 Å². The molecule has 2 aliphatic rings. The summed E-state index contributed by atoms with van der Waals surface area (Å²) >= 11 is 7.93. The molecule has 2 heterocycles. The highest BCUT2D eigenvalue weighted by molar-refractivity contribution is 7.79. The van der Waals surface area contributed by atoms with Crippen LogP contribution in [0.3, 0.4) is 0 Å². The minimum Gasteiger partial charge on any atom is -0.306 e. The Morgan fingerprint density at radius 1 is 0.867 bits per heavy atom. The first kappa shape index (κ1) is 13.7. The molecule has 2 nitrogen and oxygen atoms in total. The summed E-state index contributed by atoms with van der Waals surface area (Å²) in [5.74, 6) is 0. The number of hydrogen-bond acceptors (Lipinski definition) is 4. The summed E-state index contributed by atoms with van der Waals surface area (Å²) in [5, 5.41) is 0. The smallest absolute Gasteiger partial charge is 0.00923 e.